The minimum atomic E-state index is -0.271. The van der Waals surface area contributed by atoms with E-state index in [9.17, 15) is 9.59 Å². The van der Waals surface area contributed by atoms with Gasteiger partial charge >= 0.3 is 0 Å². The number of carbonyl (C=O) groups excluding carboxylic acids is 1. The number of aromatic nitrogens is 4. The maximum atomic E-state index is 12.5. The van der Waals surface area contributed by atoms with E-state index in [2.05, 4.69) is 29.2 Å². The summed E-state index contributed by atoms with van der Waals surface area (Å²) >= 11 is 0. The summed E-state index contributed by atoms with van der Waals surface area (Å²) in [6.07, 6.45) is 4.51. The van der Waals surface area contributed by atoms with Crippen LogP contribution in [0.15, 0.2) is 35.5 Å². The lowest BCUT2D eigenvalue weighted by molar-refractivity contribution is -0.116. The van der Waals surface area contributed by atoms with E-state index in [1.807, 2.05) is 18.2 Å². The van der Waals surface area contributed by atoms with Crippen molar-refractivity contribution in [1.82, 2.24) is 19.3 Å². The summed E-state index contributed by atoms with van der Waals surface area (Å²) in [5.74, 6) is -0.247. The molecule has 0 fully saturated rings. The van der Waals surface area contributed by atoms with Crippen molar-refractivity contribution in [2.45, 2.75) is 33.2 Å². The molecular formula is C18H21N5O2. The Hall–Kier alpha value is -2.96. The smallest absolute Gasteiger partial charge is 0.264 e. The molecule has 130 valence electrons. The lowest BCUT2D eigenvalue weighted by Crippen LogP contribution is -2.28. The Morgan fingerprint density at radius 2 is 1.88 bits per heavy atom. The van der Waals surface area contributed by atoms with Crippen LogP contribution in [-0.4, -0.2) is 25.2 Å². The molecule has 0 aliphatic carbocycles. The van der Waals surface area contributed by atoms with Crippen LogP contribution in [0.1, 0.15) is 25.0 Å². The topological polar surface area (TPSA) is 81.8 Å². The predicted octanol–water partition coefficient (Wildman–Crippen LogP) is 1.89. The number of nitrogens with one attached hydrogen (secondary N) is 1. The monoisotopic (exact) mass is 339 g/mol. The molecule has 0 radical (unpaired) electrons. The number of hydrogen-bond acceptors (Lipinski definition) is 4. The average molecular weight is 339 g/mol. The molecule has 0 spiro atoms. The summed E-state index contributed by atoms with van der Waals surface area (Å²) in [5.41, 5.74) is 3.25. The summed E-state index contributed by atoms with van der Waals surface area (Å²) in [4.78, 5) is 29.2. The van der Waals surface area contributed by atoms with Crippen LogP contribution in [0.5, 0.6) is 0 Å². The number of aryl methyl sites for hydroxylation is 3. The maximum Gasteiger partial charge on any atom is 0.264 e. The van der Waals surface area contributed by atoms with Crippen LogP contribution in [0.4, 0.5) is 5.69 Å². The third-order valence-electron chi connectivity index (χ3n) is 4.30. The minimum Gasteiger partial charge on any atom is -0.324 e. The van der Waals surface area contributed by atoms with Crippen molar-refractivity contribution in [1.29, 1.82) is 0 Å². The van der Waals surface area contributed by atoms with Crippen molar-refractivity contribution in [2.75, 3.05) is 5.32 Å². The number of anilines is 1. The summed E-state index contributed by atoms with van der Waals surface area (Å²) < 4.78 is 2.84. The fourth-order valence-corrected chi connectivity index (χ4v) is 2.92. The first kappa shape index (κ1) is 16.9. The van der Waals surface area contributed by atoms with Crippen molar-refractivity contribution >= 4 is 22.6 Å². The van der Waals surface area contributed by atoms with Crippen molar-refractivity contribution in [3.8, 4) is 0 Å². The average Bonchev–Trinajstić information content (AvgIpc) is 2.99. The molecule has 0 aliphatic heterocycles. The molecule has 0 saturated heterocycles. The van der Waals surface area contributed by atoms with Crippen molar-refractivity contribution < 1.29 is 4.79 Å². The highest BCUT2D eigenvalue weighted by Crippen LogP contribution is 2.22. The molecule has 0 aliphatic rings. The molecule has 3 aromatic rings. The first-order valence-corrected chi connectivity index (χ1v) is 8.32. The largest absolute Gasteiger partial charge is 0.324 e. The normalized spacial score (nSPS) is 11.0. The van der Waals surface area contributed by atoms with Gasteiger partial charge in [0.25, 0.3) is 5.56 Å². The van der Waals surface area contributed by atoms with Gasteiger partial charge in [0.15, 0.2) is 5.65 Å². The van der Waals surface area contributed by atoms with Gasteiger partial charge in [0, 0.05) is 12.7 Å². The van der Waals surface area contributed by atoms with E-state index in [0.717, 1.165) is 29.7 Å². The molecule has 7 heteroatoms. The molecule has 0 saturated carbocycles. The van der Waals surface area contributed by atoms with E-state index in [4.69, 9.17) is 0 Å². The predicted molar refractivity (Wildman–Crippen MR) is 96.6 cm³/mol. The van der Waals surface area contributed by atoms with Gasteiger partial charge in [-0.2, -0.15) is 5.10 Å². The number of amides is 1. The number of para-hydroxylation sites is 1. The summed E-state index contributed by atoms with van der Waals surface area (Å²) in [5, 5.41) is 7.40. The Kier molecular flexibility index (Phi) is 4.65. The molecular weight excluding hydrogens is 318 g/mol. The molecule has 1 amide bonds. The number of hydrogen-bond donors (Lipinski definition) is 1. The number of nitrogens with zero attached hydrogens (tertiary/aromatic N) is 4. The van der Waals surface area contributed by atoms with Crippen molar-refractivity contribution in [2.24, 2.45) is 7.05 Å². The van der Waals surface area contributed by atoms with Crippen molar-refractivity contribution in [3.05, 3.63) is 52.2 Å². The molecule has 0 bridgehead atoms. The SMILES string of the molecule is CCc1cccc(CC)c1NC(=O)Cn1cnc2c(cnn2C)c1=O. The highest BCUT2D eigenvalue weighted by atomic mass is 16.2. The molecule has 25 heavy (non-hydrogen) atoms. The molecule has 1 aromatic carbocycles. The van der Waals surface area contributed by atoms with Crippen LogP contribution in [-0.2, 0) is 31.2 Å². The number of fused-ring (bicyclic) bond motifs is 1. The van der Waals surface area contributed by atoms with Gasteiger partial charge in [0.1, 0.15) is 18.3 Å². The second kappa shape index (κ2) is 6.88. The Bertz CT molecular complexity index is 965. The standard InChI is InChI=1S/C18H21N5O2/c1-4-12-7-6-8-13(5-2)16(12)21-15(24)10-23-11-19-17-14(18(23)25)9-20-22(17)3/h6-9,11H,4-5,10H2,1-3H3,(H,21,24). The molecule has 2 heterocycles. The van der Waals surface area contributed by atoms with Crippen molar-refractivity contribution in [3.63, 3.8) is 0 Å². The first-order chi connectivity index (χ1) is 12.0. The molecule has 7 nitrogen and oxygen atoms in total. The molecule has 2 aromatic heterocycles. The summed E-state index contributed by atoms with van der Waals surface area (Å²) in [6.45, 7) is 4.02. The number of carbonyl (C=O) groups is 1. The van der Waals surface area contributed by atoms with Crippen LogP contribution in [0.3, 0.4) is 0 Å². The highest BCUT2D eigenvalue weighted by molar-refractivity contribution is 5.92. The Morgan fingerprint density at radius 1 is 1.20 bits per heavy atom. The Balaban J connectivity index is 1.87. The van der Waals surface area contributed by atoms with Gasteiger partial charge in [-0.25, -0.2) is 4.98 Å². The van der Waals surface area contributed by atoms with Crippen LogP contribution in [0.2, 0.25) is 0 Å². The van der Waals surface area contributed by atoms with Gasteiger partial charge in [-0.1, -0.05) is 32.0 Å². The maximum absolute atomic E-state index is 12.5. The van der Waals surface area contributed by atoms with Gasteiger partial charge in [0.05, 0.1) is 6.20 Å². The van der Waals surface area contributed by atoms with E-state index in [1.165, 1.54) is 21.8 Å². The van der Waals surface area contributed by atoms with Crippen LogP contribution >= 0.6 is 0 Å². The third-order valence-corrected chi connectivity index (χ3v) is 4.30. The molecule has 0 atom stereocenters. The third kappa shape index (κ3) is 3.17. The van der Waals surface area contributed by atoms with Crippen LogP contribution in [0, 0.1) is 0 Å². The Labute approximate surface area is 145 Å². The second-order valence-corrected chi connectivity index (χ2v) is 5.89. The summed E-state index contributed by atoms with van der Waals surface area (Å²) in [6, 6.07) is 6.01. The zero-order valence-electron chi connectivity index (χ0n) is 14.6. The van der Waals surface area contributed by atoms with Gasteiger partial charge in [-0.15, -0.1) is 0 Å². The molecule has 1 N–H and O–H groups in total. The fourth-order valence-electron chi connectivity index (χ4n) is 2.92. The lowest BCUT2D eigenvalue weighted by atomic mass is 10.0. The van der Waals surface area contributed by atoms with E-state index in [0.29, 0.717) is 11.0 Å². The Morgan fingerprint density at radius 3 is 2.52 bits per heavy atom. The van der Waals surface area contributed by atoms with E-state index in [-0.39, 0.29) is 18.0 Å². The minimum absolute atomic E-state index is 0.0854. The quantitative estimate of drug-likeness (QED) is 0.770. The second-order valence-electron chi connectivity index (χ2n) is 5.89. The van der Waals surface area contributed by atoms with Gasteiger partial charge in [0.2, 0.25) is 5.91 Å². The number of benzene rings is 1. The fraction of sp³-hybridized carbons (Fsp3) is 0.333. The van der Waals surface area contributed by atoms with Crippen LogP contribution < -0.4 is 10.9 Å². The first-order valence-electron chi connectivity index (χ1n) is 8.32. The molecule has 3 rings (SSSR count). The van der Waals surface area contributed by atoms with Gasteiger partial charge < -0.3 is 5.32 Å². The lowest BCUT2D eigenvalue weighted by Gasteiger charge is -2.14. The molecule has 0 unspecified atom stereocenters. The summed E-state index contributed by atoms with van der Waals surface area (Å²) in [7, 11) is 1.72. The van der Waals surface area contributed by atoms with Gasteiger partial charge in [-0.3, -0.25) is 18.8 Å². The number of rotatable bonds is 5. The van der Waals surface area contributed by atoms with E-state index in [1.54, 1.807) is 7.05 Å². The highest BCUT2D eigenvalue weighted by Gasteiger charge is 2.13. The zero-order chi connectivity index (χ0) is 18.0. The van der Waals surface area contributed by atoms with Crippen LogP contribution in [0.25, 0.3) is 11.0 Å². The van der Waals surface area contributed by atoms with E-state index < -0.39 is 0 Å². The van der Waals surface area contributed by atoms with Gasteiger partial charge in [-0.05, 0) is 24.0 Å². The van der Waals surface area contributed by atoms with E-state index >= 15 is 0 Å². The zero-order valence-corrected chi connectivity index (χ0v) is 14.6.